The Morgan fingerprint density at radius 2 is 1.86 bits per heavy atom. The highest BCUT2D eigenvalue weighted by molar-refractivity contribution is 7.19. The summed E-state index contributed by atoms with van der Waals surface area (Å²) in [5, 5.41) is 7.87. The lowest BCUT2D eigenvalue weighted by Crippen LogP contribution is -2.40. The van der Waals surface area contributed by atoms with E-state index in [1.165, 1.54) is 22.4 Å². The summed E-state index contributed by atoms with van der Waals surface area (Å²) in [5.74, 6) is 0.805. The summed E-state index contributed by atoms with van der Waals surface area (Å²) >= 11 is 7.88. The van der Waals surface area contributed by atoms with Crippen LogP contribution in [0.4, 0.5) is 0 Å². The fourth-order valence-corrected chi connectivity index (χ4v) is 4.87. The van der Waals surface area contributed by atoms with Crippen molar-refractivity contribution in [1.82, 2.24) is 25.1 Å². The molecular formula is C21H18ClN5S. The molecule has 28 heavy (non-hydrogen) atoms. The zero-order valence-electron chi connectivity index (χ0n) is 15.0. The number of nitrogens with one attached hydrogen (secondary N) is 1. The molecule has 7 heteroatoms. The number of H-pyrrole nitrogens is 1. The standard InChI is InChI=1S/C21H18ClN5S/c22-16-4-2-15(3-5-16)19(27-10-1-11-27)17-12-18(14-6-8-23-9-7-14)28-20(17)21-24-13-25-26-21/h2-9,12-13,19H,1,10-11H2,(H,24,25,26). The van der Waals surface area contributed by atoms with Crippen LogP contribution in [0, 0.1) is 0 Å². The van der Waals surface area contributed by atoms with Crippen molar-refractivity contribution < 1.29 is 0 Å². The van der Waals surface area contributed by atoms with Gasteiger partial charge in [-0.05, 0) is 53.4 Å². The van der Waals surface area contributed by atoms with E-state index >= 15 is 0 Å². The minimum atomic E-state index is 0.165. The summed E-state index contributed by atoms with van der Waals surface area (Å²) in [6.45, 7) is 2.17. The normalized spacial score (nSPS) is 15.3. The summed E-state index contributed by atoms with van der Waals surface area (Å²) in [6, 6.07) is 14.7. The molecule has 4 heterocycles. The number of aromatic amines is 1. The number of pyridine rings is 1. The molecule has 140 valence electrons. The van der Waals surface area contributed by atoms with Crippen LogP contribution in [0.5, 0.6) is 0 Å². The lowest BCUT2D eigenvalue weighted by Gasteiger charge is -2.39. The van der Waals surface area contributed by atoms with Gasteiger partial charge in [0, 0.05) is 35.4 Å². The van der Waals surface area contributed by atoms with Gasteiger partial charge in [0.25, 0.3) is 0 Å². The molecule has 1 aliphatic rings. The number of nitrogens with zero attached hydrogens (tertiary/aromatic N) is 4. The van der Waals surface area contributed by atoms with Crippen LogP contribution in [-0.2, 0) is 0 Å². The van der Waals surface area contributed by atoms with Crippen LogP contribution in [0.15, 0.2) is 61.2 Å². The van der Waals surface area contributed by atoms with E-state index < -0.39 is 0 Å². The van der Waals surface area contributed by atoms with Gasteiger partial charge in [0.15, 0.2) is 5.82 Å². The molecule has 1 fully saturated rings. The fraction of sp³-hybridized carbons (Fsp3) is 0.190. The van der Waals surface area contributed by atoms with E-state index in [4.69, 9.17) is 11.6 Å². The number of thiophene rings is 1. The average Bonchev–Trinajstić information content (AvgIpc) is 3.36. The lowest BCUT2D eigenvalue weighted by molar-refractivity contribution is 0.141. The Morgan fingerprint density at radius 1 is 1.07 bits per heavy atom. The topological polar surface area (TPSA) is 57.7 Å². The van der Waals surface area contributed by atoms with Gasteiger partial charge in [0.05, 0.1) is 10.9 Å². The minimum Gasteiger partial charge on any atom is -0.292 e. The van der Waals surface area contributed by atoms with Gasteiger partial charge < -0.3 is 0 Å². The second-order valence-electron chi connectivity index (χ2n) is 6.81. The molecule has 1 atom stereocenters. The number of rotatable bonds is 5. The average molecular weight is 408 g/mol. The molecule has 5 nitrogen and oxygen atoms in total. The van der Waals surface area contributed by atoms with Crippen molar-refractivity contribution in [2.45, 2.75) is 12.5 Å². The summed E-state index contributed by atoms with van der Waals surface area (Å²) in [4.78, 5) is 13.4. The van der Waals surface area contributed by atoms with Gasteiger partial charge in [0.2, 0.25) is 0 Å². The summed E-state index contributed by atoms with van der Waals surface area (Å²) in [5.41, 5.74) is 3.64. The van der Waals surface area contributed by atoms with E-state index in [2.05, 4.69) is 43.3 Å². The lowest BCUT2D eigenvalue weighted by atomic mass is 9.94. The molecule has 0 radical (unpaired) electrons. The van der Waals surface area contributed by atoms with Crippen molar-refractivity contribution in [3.8, 4) is 21.1 Å². The van der Waals surface area contributed by atoms with E-state index in [9.17, 15) is 0 Å². The summed E-state index contributed by atoms with van der Waals surface area (Å²) in [7, 11) is 0. The third kappa shape index (κ3) is 3.24. The van der Waals surface area contributed by atoms with Gasteiger partial charge in [-0.3, -0.25) is 15.0 Å². The van der Waals surface area contributed by atoms with E-state index in [0.29, 0.717) is 0 Å². The molecular weight excluding hydrogens is 390 g/mol. The molecule has 0 aliphatic carbocycles. The molecule has 3 aromatic heterocycles. The van der Waals surface area contributed by atoms with Crippen molar-refractivity contribution in [1.29, 1.82) is 0 Å². The Morgan fingerprint density at radius 3 is 2.50 bits per heavy atom. The maximum absolute atomic E-state index is 6.15. The van der Waals surface area contributed by atoms with Crippen molar-refractivity contribution >= 4 is 22.9 Å². The van der Waals surface area contributed by atoms with Crippen LogP contribution in [0.2, 0.25) is 5.02 Å². The third-order valence-electron chi connectivity index (χ3n) is 5.09. The van der Waals surface area contributed by atoms with Crippen molar-refractivity contribution in [2.75, 3.05) is 13.1 Å². The minimum absolute atomic E-state index is 0.165. The van der Waals surface area contributed by atoms with Gasteiger partial charge in [-0.1, -0.05) is 23.7 Å². The Kier molecular flexibility index (Phi) is 4.68. The van der Waals surface area contributed by atoms with Gasteiger partial charge >= 0.3 is 0 Å². The number of halogens is 1. The van der Waals surface area contributed by atoms with Crippen LogP contribution >= 0.6 is 22.9 Å². The number of hydrogen-bond donors (Lipinski definition) is 1. The second-order valence-corrected chi connectivity index (χ2v) is 8.30. The van der Waals surface area contributed by atoms with Crippen molar-refractivity contribution in [3.05, 3.63) is 77.3 Å². The SMILES string of the molecule is Clc1ccc(C(c2cc(-c3ccncc3)sc2-c2ncn[nH]2)N2CCC2)cc1. The first-order valence-corrected chi connectivity index (χ1v) is 10.4. The molecule has 0 saturated carbocycles. The number of hydrogen-bond acceptors (Lipinski definition) is 5. The molecule has 1 aliphatic heterocycles. The van der Waals surface area contributed by atoms with Crippen LogP contribution in [0.3, 0.4) is 0 Å². The molecule has 0 bridgehead atoms. The van der Waals surface area contributed by atoms with Gasteiger partial charge in [-0.25, -0.2) is 4.98 Å². The van der Waals surface area contributed by atoms with E-state index in [0.717, 1.165) is 34.4 Å². The maximum atomic E-state index is 6.15. The largest absolute Gasteiger partial charge is 0.292 e. The predicted octanol–water partition coefficient (Wildman–Crippen LogP) is 5.04. The summed E-state index contributed by atoms with van der Waals surface area (Å²) < 4.78 is 0. The van der Waals surface area contributed by atoms with E-state index in [1.54, 1.807) is 17.7 Å². The van der Waals surface area contributed by atoms with E-state index in [-0.39, 0.29) is 6.04 Å². The molecule has 0 amide bonds. The molecule has 0 spiro atoms. The van der Waals surface area contributed by atoms with Gasteiger partial charge in [-0.15, -0.1) is 11.3 Å². The first-order valence-electron chi connectivity index (χ1n) is 9.19. The number of aromatic nitrogens is 4. The quantitative estimate of drug-likeness (QED) is 0.503. The van der Waals surface area contributed by atoms with E-state index in [1.807, 2.05) is 36.7 Å². The highest BCUT2D eigenvalue weighted by Crippen LogP contribution is 2.44. The molecule has 4 aromatic rings. The maximum Gasteiger partial charge on any atom is 0.165 e. The van der Waals surface area contributed by atoms with Crippen LogP contribution in [-0.4, -0.2) is 38.2 Å². The van der Waals surface area contributed by atoms with Gasteiger partial charge in [0.1, 0.15) is 6.33 Å². The summed E-state index contributed by atoms with van der Waals surface area (Å²) in [6.07, 6.45) is 6.44. The zero-order valence-corrected chi connectivity index (χ0v) is 16.6. The highest BCUT2D eigenvalue weighted by atomic mass is 35.5. The number of benzene rings is 1. The Labute approximate surface area is 172 Å². The highest BCUT2D eigenvalue weighted by Gasteiger charge is 2.31. The molecule has 5 rings (SSSR count). The van der Waals surface area contributed by atoms with Crippen molar-refractivity contribution in [3.63, 3.8) is 0 Å². The fourth-order valence-electron chi connectivity index (χ4n) is 3.60. The van der Waals surface area contributed by atoms with Gasteiger partial charge in [-0.2, -0.15) is 5.10 Å². The van der Waals surface area contributed by atoms with Crippen LogP contribution in [0.25, 0.3) is 21.1 Å². The molecule has 1 N–H and O–H groups in total. The smallest absolute Gasteiger partial charge is 0.165 e. The zero-order chi connectivity index (χ0) is 18.9. The number of likely N-dealkylation sites (tertiary alicyclic amines) is 1. The predicted molar refractivity (Wildman–Crippen MR) is 112 cm³/mol. The molecule has 1 aromatic carbocycles. The monoisotopic (exact) mass is 407 g/mol. The third-order valence-corrected chi connectivity index (χ3v) is 6.55. The van der Waals surface area contributed by atoms with Crippen LogP contribution in [0.1, 0.15) is 23.6 Å². The Bertz CT molecular complexity index is 1060. The Hall–Kier alpha value is -2.54. The van der Waals surface area contributed by atoms with Crippen molar-refractivity contribution in [2.24, 2.45) is 0 Å². The second kappa shape index (κ2) is 7.47. The van der Waals surface area contributed by atoms with Crippen LogP contribution < -0.4 is 0 Å². The first kappa shape index (κ1) is 17.6. The molecule has 1 unspecified atom stereocenters. The first-order chi connectivity index (χ1) is 13.8. The molecule has 1 saturated heterocycles. The Balaban J connectivity index is 1.67.